The lowest BCUT2D eigenvalue weighted by Crippen LogP contribution is -2.19. The third-order valence-corrected chi connectivity index (χ3v) is 2.81. The topological polar surface area (TPSA) is 17.1 Å². The van der Waals surface area contributed by atoms with Gasteiger partial charge in [-0.25, -0.2) is 0 Å². The van der Waals surface area contributed by atoms with Crippen LogP contribution in [0.4, 0.5) is 0 Å². The van der Waals surface area contributed by atoms with Crippen molar-refractivity contribution in [3.63, 3.8) is 0 Å². The van der Waals surface area contributed by atoms with E-state index >= 15 is 0 Å². The minimum Gasteiger partial charge on any atom is -0.294 e. The van der Waals surface area contributed by atoms with Crippen LogP contribution in [0.2, 0.25) is 0 Å². The SMILES string of the molecule is O=C1CC(Br)Cc2ccccc21. The van der Waals surface area contributed by atoms with E-state index in [4.69, 9.17) is 0 Å². The molecule has 1 unspecified atom stereocenters. The summed E-state index contributed by atoms with van der Waals surface area (Å²) in [6.07, 6.45) is 1.61. The van der Waals surface area contributed by atoms with Gasteiger partial charge in [0.05, 0.1) is 0 Å². The summed E-state index contributed by atoms with van der Waals surface area (Å²) in [5.41, 5.74) is 2.09. The van der Waals surface area contributed by atoms with Gasteiger partial charge in [-0.3, -0.25) is 4.79 Å². The molecule has 62 valence electrons. The number of fused-ring (bicyclic) bond motifs is 1. The zero-order valence-electron chi connectivity index (χ0n) is 6.59. The van der Waals surface area contributed by atoms with Crippen LogP contribution in [0, 0.1) is 0 Å². The molecule has 2 heteroatoms. The lowest BCUT2D eigenvalue weighted by molar-refractivity contribution is 0.0975. The van der Waals surface area contributed by atoms with Gasteiger partial charge >= 0.3 is 0 Å². The van der Waals surface area contributed by atoms with Crippen LogP contribution in [-0.4, -0.2) is 10.6 Å². The Morgan fingerprint density at radius 3 is 2.83 bits per heavy atom. The fourth-order valence-electron chi connectivity index (χ4n) is 1.59. The molecule has 1 aliphatic rings. The quantitative estimate of drug-likeness (QED) is 0.620. The molecule has 0 N–H and O–H groups in total. The maximum Gasteiger partial charge on any atom is 0.164 e. The summed E-state index contributed by atoms with van der Waals surface area (Å²) in [4.78, 5) is 11.8. The highest BCUT2D eigenvalue weighted by Crippen LogP contribution is 2.25. The third-order valence-electron chi connectivity index (χ3n) is 2.17. The van der Waals surface area contributed by atoms with Crippen LogP contribution >= 0.6 is 15.9 Å². The maximum atomic E-state index is 11.5. The Morgan fingerprint density at radius 2 is 2.00 bits per heavy atom. The van der Waals surface area contributed by atoms with E-state index in [1.54, 1.807) is 0 Å². The number of Topliss-reactive ketones (excluding diaryl/α,β-unsaturated/α-hetero) is 1. The van der Waals surface area contributed by atoms with Crippen LogP contribution in [-0.2, 0) is 6.42 Å². The average Bonchev–Trinajstić information content (AvgIpc) is 2.04. The Kier molecular flexibility index (Phi) is 2.01. The molecule has 1 aromatic rings. The van der Waals surface area contributed by atoms with E-state index in [0.29, 0.717) is 11.2 Å². The average molecular weight is 225 g/mol. The molecule has 0 amide bonds. The molecule has 1 nitrogen and oxygen atoms in total. The monoisotopic (exact) mass is 224 g/mol. The van der Waals surface area contributed by atoms with Crippen molar-refractivity contribution in [2.45, 2.75) is 17.7 Å². The number of rotatable bonds is 0. The van der Waals surface area contributed by atoms with E-state index in [9.17, 15) is 4.79 Å². The van der Waals surface area contributed by atoms with Crippen molar-refractivity contribution in [1.82, 2.24) is 0 Å². The predicted octanol–water partition coefficient (Wildman–Crippen LogP) is 2.58. The highest BCUT2D eigenvalue weighted by Gasteiger charge is 2.22. The Balaban J connectivity index is 2.47. The first-order valence-electron chi connectivity index (χ1n) is 4.02. The first kappa shape index (κ1) is 7.99. The minimum absolute atomic E-state index is 0.263. The molecule has 1 aliphatic carbocycles. The van der Waals surface area contributed by atoms with Crippen LogP contribution in [0.1, 0.15) is 22.3 Å². The van der Waals surface area contributed by atoms with Gasteiger partial charge in [0, 0.05) is 16.8 Å². The fourth-order valence-corrected chi connectivity index (χ4v) is 2.24. The van der Waals surface area contributed by atoms with E-state index in [0.717, 1.165) is 12.0 Å². The van der Waals surface area contributed by atoms with E-state index in [1.807, 2.05) is 24.3 Å². The van der Waals surface area contributed by atoms with E-state index in [-0.39, 0.29) is 5.78 Å². The van der Waals surface area contributed by atoms with Crippen molar-refractivity contribution < 1.29 is 4.79 Å². The van der Waals surface area contributed by atoms with E-state index < -0.39 is 0 Å². The van der Waals surface area contributed by atoms with Gasteiger partial charge in [-0.2, -0.15) is 0 Å². The number of carbonyl (C=O) groups is 1. The Morgan fingerprint density at radius 1 is 1.25 bits per heavy atom. The van der Waals surface area contributed by atoms with Gasteiger partial charge in [0.25, 0.3) is 0 Å². The molecule has 2 rings (SSSR count). The van der Waals surface area contributed by atoms with Crippen molar-refractivity contribution in [3.8, 4) is 0 Å². The number of hydrogen-bond donors (Lipinski definition) is 0. The zero-order chi connectivity index (χ0) is 8.55. The number of hydrogen-bond acceptors (Lipinski definition) is 1. The van der Waals surface area contributed by atoms with Crippen LogP contribution < -0.4 is 0 Å². The molecule has 0 aromatic heterocycles. The fraction of sp³-hybridized carbons (Fsp3) is 0.300. The van der Waals surface area contributed by atoms with Gasteiger partial charge in [-0.15, -0.1) is 0 Å². The van der Waals surface area contributed by atoms with Gasteiger partial charge in [-0.05, 0) is 12.0 Å². The van der Waals surface area contributed by atoms with Gasteiger partial charge in [0.1, 0.15) is 0 Å². The molecule has 1 aromatic carbocycles. The molecule has 0 fully saturated rings. The van der Waals surface area contributed by atoms with Gasteiger partial charge in [0.2, 0.25) is 0 Å². The number of halogens is 1. The van der Waals surface area contributed by atoms with E-state index in [2.05, 4.69) is 15.9 Å². The molecule has 0 saturated carbocycles. The normalized spacial score (nSPS) is 22.1. The third kappa shape index (κ3) is 1.31. The zero-order valence-corrected chi connectivity index (χ0v) is 8.17. The molecule has 0 bridgehead atoms. The molecule has 0 radical (unpaired) electrons. The Bertz CT molecular complexity index is 319. The summed E-state index contributed by atoms with van der Waals surface area (Å²) in [5.74, 6) is 0.263. The van der Waals surface area contributed by atoms with E-state index in [1.165, 1.54) is 5.56 Å². The molecular formula is C10H9BrO. The smallest absolute Gasteiger partial charge is 0.164 e. The highest BCUT2D eigenvalue weighted by molar-refractivity contribution is 9.09. The summed E-state index contributed by atoms with van der Waals surface area (Å²) in [6, 6.07) is 7.85. The summed E-state index contributed by atoms with van der Waals surface area (Å²) in [7, 11) is 0. The summed E-state index contributed by atoms with van der Waals surface area (Å²) < 4.78 is 0. The van der Waals surface area contributed by atoms with Gasteiger partial charge in [0.15, 0.2) is 5.78 Å². The van der Waals surface area contributed by atoms with Crippen LogP contribution in [0.25, 0.3) is 0 Å². The van der Waals surface area contributed by atoms with Crippen LogP contribution in [0.5, 0.6) is 0 Å². The van der Waals surface area contributed by atoms with Crippen molar-refractivity contribution in [2.24, 2.45) is 0 Å². The largest absolute Gasteiger partial charge is 0.294 e. The molecule has 0 spiro atoms. The van der Waals surface area contributed by atoms with Crippen molar-refractivity contribution in [2.75, 3.05) is 0 Å². The first-order chi connectivity index (χ1) is 5.77. The minimum atomic E-state index is 0.263. The number of benzene rings is 1. The number of ketones is 1. The standard InChI is InChI=1S/C10H9BrO/c11-8-5-7-3-1-2-4-9(7)10(12)6-8/h1-4,8H,5-6H2. The van der Waals surface area contributed by atoms with Gasteiger partial charge in [-0.1, -0.05) is 40.2 Å². The molecule has 0 saturated heterocycles. The summed E-state index contributed by atoms with van der Waals surface area (Å²) >= 11 is 3.48. The van der Waals surface area contributed by atoms with Crippen LogP contribution in [0.15, 0.2) is 24.3 Å². The molecule has 0 heterocycles. The summed E-state index contributed by atoms with van der Waals surface area (Å²) in [5, 5.41) is 0. The lowest BCUT2D eigenvalue weighted by Gasteiger charge is -2.18. The number of alkyl halides is 1. The van der Waals surface area contributed by atoms with Crippen molar-refractivity contribution >= 4 is 21.7 Å². The van der Waals surface area contributed by atoms with Gasteiger partial charge < -0.3 is 0 Å². The predicted molar refractivity (Wildman–Crippen MR) is 51.8 cm³/mol. The molecule has 0 aliphatic heterocycles. The van der Waals surface area contributed by atoms with Crippen LogP contribution in [0.3, 0.4) is 0 Å². The molecule has 1 atom stereocenters. The second-order valence-corrected chi connectivity index (χ2v) is 4.38. The lowest BCUT2D eigenvalue weighted by atomic mass is 9.91. The first-order valence-corrected chi connectivity index (χ1v) is 4.94. The second-order valence-electron chi connectivity index (χ2n) is 3.09. The highest BCUT2D eigenvalue weighted by atomic mass is 79.9. The van der Waals surface area contributed by atoms with Crippen molar-refractivity contribution in [1.29, 1.82) is 0 Å². The summed E-state index contributed by atoms with van der Waals surface area (Å²) in [6.45, 7) is 0. The molecule has 12 heavy (non-hydrogen) atoms. The Labute approximate surface area is 79.9 Å². The number of carbonyl (C=O) groups excluding carboxylic acids is 1. The Hall–Kier alpha value is -0.630. The maximum absolute atomic E-state index is 11.5. The van der Waals surface area contributed by atoms with Crippen molar-refractivity contribution in [3.05, 3.63) is 35.4 Å². The second kappa shape index (κ2) is 3.02. The molecular weight excluding hydrogens is 216 g/mol.